The van der Waals surface area contributed by atoms with E-state index in [0.717, 1.165) is 53.6 Å². The number of nitrogens with one attached hydrogen (secondary N) is 1. The summed E-state index contributed by atoms with van der Waals surface area (Å²) in [7, 11) is 1.64. The molecular weight excluding hydrogens is 458 g/mol. The number of hydrogen-bond donors (Lipinski definition) is 1. The maximum Gasteiger partial charge on any atom is 0.271 e. The lowest BCUT2D eigenvalue weighted by Gasteiger charge is -2.45. The summed E-state index contributed by atoms with van der Waals surface area (Å²) in [6.45, 7) is 7.08. The van der Waals surface area contributed by atoms with Crippen LogP contribution in [-0.4, -0.2) is 40.0 Å². The molecule has 1 fully saturated rings. The van der Waals surface area contributed by atoms with E-state index in [9.17, 15) is 9.59 Å². The van der Waals surface area contributed by atoms with Crippen LogP contribution in [0.1, 0.15) is 67.4 Å². The van der Waals surface area contributed by atoms with Gasteiger partial charge in [0.05, 0.1) is 30.4 Å². The number of thiophene rings is 1. The van der Waals surface area contributed by atoms with Crippen molar-refractivity contribution in [2.45, 2.75) is 77.5 Å². The third-order valence-corrected chi connectivity index (χ3v) is 9.09. The van der Waals surface area contributed by atoms with Gasteiger partial charge < -0.3 is 19.5 Å². The van der Waals surface area contributed by atoms with Crippen LogP contribution in [0.3, 0.4) is 0 Å². The Hall–Kier alpha value is -2.80. The number of carbonyl (C=O) groups is 2. The number of rotatable bonds is 6. The first-order chi connectivity index (χ1) is 16.8. The Labute approximate surface area is 211 Å². The van der Waals surface area contributed by atoms with Crippen LogP contribution in [-0.2, 0) is 24.3 Å². The molecule has 2 aromatic heterocycles. The highest BCUT2D eigenvalue weighted by Gasteiger charge is 2.48. The van der Waals surface area contributed by atoms with E-state index in [0.29, 0.717) is 24.7 Å². The topological polar surface area (TPSA) is 63.6 Å². The fourth-order valence-electron chi connectivity index (χ4n) is 5.56. The van der Waals surface area contributed by atoms with E-state index in [1.54, 1.807) is 23.3 Å². The number of ether oxygens (including phenoxy) is 1. The van der Waals surface area contributed by atoms with Gasteiger partial charge in [-0.05, 0) is 63.1 Å². The van der Waals surface area contributed by atoms with Crippen molar-refractivity contribution < 1.29 is 14.3 Å². The molecule has 1 N–H and O–H groups in total. The number of methoxy groups -OCH3 is 1. The van der Waals surface area contributed by atoms with Gasteiger partial charge in [-0.15, -0.1) is 11.3 Å². The molecular formula is C28H35N3O3S. The van der Waals surface area contributed by atoms with Crippen molar-refractivity contribution in [3.63, 3.8) is 0 Å². The molecule has 2 aliphatic rings. The van der Waals surface area contributed by atoms with Gasteiger partial charge in [-0.1, -0.05) is 32.0 Å². The standard InChI is InChI=1S/C28H35N3O3S/c1-5-21-14-22-25(35-21)15-23-26(32)31(16-19-8-6-7-9-24(19)34-4)28(3,17-30(22)23)27(33)29-20-12-10-18(2)11-13-20/h6-9,14-15,18,20H,5,10-13,16-17H2,1-4H3,(H,29,33)/t18?,20?,28-/m1/s1. The zero-order chi connectivity index (χ0) is 24.7. The molecule has 0 spiro atoms. The van der Waals surface area contributed by atoms with Gasteiger partial charge in [0.15, 0.2) is 0 Å². The van der Waals surface area contributed by atoms with E-state index in [-0.39, 0.29) is 17.9 Å². The van der Waals surface area contributed by atoms with E-state index in [1.165, 1.54) is 4.88 Å². The number of carbonyl (C=O) groups excluding carboxylic acids is 2. The van der Waals surface area contributed by atoms with Gasteiger partial charge in [0.1, 0.15) is 17.0 Å². The van der Waals surface area contributed by atoms with Gasteiger partial charge in [-0.25, -0.2) is 0 Å². The van der Waals surface area contributed by atoms with Crippen LogP contribution in [0.2, 0.25) is 0 Å². The van der Waals surface area contributed by atoms with E-state index in [1.807, 2.05) is 37.3 Å². The Kier molecular flexibility index (Phi) is 6.38. The number of hydrogen-bond acceptors (Lipinski definition) is 4. The molecule has 2 amide bonds. The molecule has 0 unspecified atom stereocenters. The molecule has 186 valence electrons. The molecule has 1 saturated carbocycles. The van der Waals surface area contributed by atoms with Crippen molar-refractivity contribution in [3.05, 3.63) is 52.5 Å². The minimum atomic E-state index is -1.02. The van der Waals surface area contributed by atoms with Gasteiger partial charge >= 0.3 is 0 Å². The predicted molar refractivity (Wildman–Crippen MR) is 140 cm³/mol. The molecule has 1 aliphatic carbocycles. The summed E-state index contributed by atoms with van der Waals surface area (Å²) in [5.41, 5.74) is 1.58. The molecule has 0 radical (unpaired) electrons. The predicted octanol–water partition coefficient (Wildman–Crippen LogP) is 5.38. The normalized spacial score (nSPS) is 24.5. The summed E-state index contributed by atoms with van der Waals surface area (Å²) in [4.78, 5) is 31.0. The van der Waals surface area contributed by atoms with Crippen molar-refractivity contribution in [3.8, 4) is 5.75 Å². The van der Waals surface area contributed by atoms with Crippen molar-refractivity contribution in [1.29, 1.82) is 0 Å². The van der Waals surface area contributed by atoms with E-state index >= 15 is 0 Å². The van der Waals surface area contributed by atoms with Crippen LogP contribution in [0.4, 0.5) is 0 Å². The number of aromatic nitrogens is 1. The number of nitrogens with zero attached hydrogens (tertiary/aromatic N) is 2. The molecule has 3 aromatic rings. The number of amides is 2. The highest BCUT2D eigenvalue weighted by molar-refractivity contribution is 7.19. The number of aryl methyl sites for hydroxylation is 1. The third kappa shape index (κ3) is 4.24. The van der Waals surface area contributed by atoms with Crippen LogP contribution >= 0.6 is 11.3 Å². The molecule has 1 aliphatic heterocycles. The minimum Gasteiger partial charge on any atom is -0.496 e. The Morgan fingerprint density at radius 2 is 1.94 bits per heavy atom. The average molecular weight is 494 g/mol. The molecule has 3 heterocycles. The van der Waals surface area contributed by atoms with Crippen molar-refractivity contribution in [2.24, 2.45) is 5.92 Å². The first kappa shape index (κ1) is 23.9. The number of para-hydroxylation sites is 1. The van der Waals surface area contributed by atoms with Crippen LogP contribution in [0.15, 0.2) is 36.4 Å². The lowest BCUT2D eigenvalue weighted by molar-refractivity contribution is -0.134. The van der Waals surface area contributed by atoms with Crippen LogP contribution in [0, 0.1) is 5.92 Å². The largest absolute Gasteiger partial charge is 0.496 e. The summed E-state index contributed by atoms with van der Waals surface area (Å²) in [5.74, 6) is 1.25. The highest BCUT2D eigenvalue weighted by Crippen LogP contribution is 2.38. The average Bonchev–Trinajstić information content (AvgIpc) is 3.42. The smallest absolute Gasteiger partial charge is 0.271 e. The van der Waals surface area contributed by atoms with Gasteiger partial charge in [0.25, 0.3) is 5.91 Å². The maximum atomic E-state index is 14.0. The van der Waals surface area contributed by atoms with Crippen LogP contribution in [0.25, 0.3) is 10.2 Å². The lowest BCUT2D eigenvalue weighted by atomic mass is 9.86. The molecule has 7 heteroatoms. The van der Waals surface area contributed by atoms with Gasteiger partial charge in [-0.2, -0.15) is 0 Å². The van der Waals surface area contributed by atoms with Gasteiger partial charge in [0.2, 0.25) is 5.91 Å². The summed E-state index contributed by atoms with van der Waals surface area (Å²) in [5, 5.41) is 3.33. The molecule has 0 saturated heterocycles. The van der Waals surface area contributed by atoms with Crippen LogP contribution in [0.5, 0.6) is 5.75 Å². The first-order valence-electron chi connectivity index (χ1n) is 12.7. The van der Waals surface area contributed by atoms with Crippen molar-refractivity contribution in [2.75, 3.05) is 7.11 Å². The first-order valence-corrected chi connectivity index (χ1v) is 13.5. The Bertz CT molecular complexity index is 1250. The summed E-state index contributed by atoms with van der Waals surface area (Å²) in [6.07, 6.45) is 5.20. The minimum absolute atomic E-state index is 0.0706. The Morgan fingerprint density at radius 3 is 2.66 bits per heavy atom. The monoisotopic (exact) mass is 493 g/mol. The highest BCUT2D eigenvalue weighted by atomic mass is 32.1. The zero-order valence-corrected chi connectivity index (χ0v) is 21.9. The molecule has 5 rings (SSSR count). The zero-order valence-electron chi connectivity index (χ0n) is 21.1. The summed E-state index contributed by atoms with van der Waals surface area (Å²) < 4.78 is 8.74. The fourth-order valence-corrected chi connectivity index (χ4v) is 6.60. The summed E-state index contributed by atoms with van der Waals surface area (Å²) >= 11 is 1.73. The summed E-state index contributed by atoms with van der Waals surface area (Å²) in [6, 6.07) is 12.1. The fraction of sp³-hybridized carbons (Fsp3) is 0.500. The molecule has 0 bridgehead atoms. The van der Waals surface area contributed by atoms with Gasteiger partial charge in [-0.3, -0.25) is 9.59 Å². The third-order valence-electron chi connectivity index (χ3n) is 7.88. The van der Waals surface area contributed by atoms with E-state index in [4.69, 9.17) is 4.74 Å². The lowest BCUT2D eigenvalue weighted by Crippen LogP contribution is -2.64. The molecule has 1 aromatic carbocycles. The second-order valence-corrected chi connectivity index (χ2v) is 11.5. The maximum absolute atomic E-state index is 14.0. The van der Waals surface area contributed by atoms with Gasteiger partial charge in [0, 0.05) is 16.5 Å². The molecule has 35 heavy (non-hydrogen) atoms. The Balaban J connectivity index is 1.54. The SMILES string of the molecule is CCc1cc2c(cc3n2C[C@](C)(C(=O)NC2CCC(C)CC2)N(Cc2ccccc2OC)C3=O)s1. The van der Waals surface area contributed by atoms with E-state index < -0.39 is 5.54 Å². The second-order valence-electron chi connectivity index (χ2n) is 10.3. The van der Waals surface area contributed by atoms with Crippen molar-refractivity contribution in [1.82, 2.24) is 14.8 Å². The number of benzene rings is 1. The molecule has 6 nitrogen and oxygen atoms in total. The Morgan fingerprint density at radius 1 is 1.20 bits per heavy atom. The van der Waals surface area contributed by atoms with Crippen molar-refractivity contribution >= 4 is 33.4 Å². The molecule has 1 atom stereocenters. The van der Waals surface area contributed by atoms with E-state index in [2.05, 4.69) is 29.8 Å². The second kappa shape index (κ2) is 9.34. The number of fused-ring (bicyclic) bond motifs is 3. The van der Waals surface area contributed by atoms with Crippen LogP contribution < -0.4 is 10.1 Å². The quantitative estimate of drug-likeness (QED) is 0.501.